The number of benzene rings is 1. The third-order valence-electron chi connectivity index (χ3n) is 3.32. The highest BCUT2D eigenvalue weighted by Crippen LogP contribution is 2.21. The predicted molar refractivity (Wildman–Crippen MR) is 77.0 cm³/mol. The number of carboxylic acid groups (broad SMARTS) is 1. The van der Waals surface area contributed by atoms with Gasteiger partial charge in [0.15, 0.2) is 0 Å². The van der Waals surface area contributed by atoms with Gasteiger partial charge in [-0.3, -0.25) is 9.59 Å². The van der Waals surface area contributed by atoms with E-state index < -0.39 is 17.9 Å². The Labute approximate surface area is 119 Å². The lowest BCUT2D eigenvalue weighted by molar-refractivity contribution is -0.147. The van der Waals surface area contributed by atoms with Crippen LogP contribution in [-0.2, 0) is 9.59 Å². The zero-order valence-electron chi connectivity index (χ0n) is 12.1. The molecule has 3 N–H and O–H groups in total. The molecule has 0 saturated carbocycles. The topological polar surface area (TPSA) is 83.6 Å². The first-order valence-corrected chi connectivity index (χ1v) is 6.67. The van der Waals surface area contributed by atoms with Gasteiger partial charge in [-0.1, -0.05) is 37.3 Å². The van der Waals surface area contributed by atoms with Gasteiger partial charge in [-0.15, -0.1) is 0 Å². The van der Waals surface area contributed by atoms with Crippen molar-refractivity contribution in [1.82, 2.24) is 4.90 Å². The van der Waals surface area contributed by atoms with Crippen LogP contribution < -0.4 is 5.73 Å². The van der Waals surface area contributed by atoms with Crippen molar-refractivity contribution in [1.29, 1.82) is 0 Å². The Morgan fingerprint density at radius 3 is 2.20 bits per heavy atom. The second kappa shape index (κ2) is 7.05. The van der Waals surface area contributed by atoms with Crippen LogP contribution in [0.5, 0.6) is 0 Å². The molecule has 2 unspecified atom stereocenters. The van der Waals surface area contributed by atoms with Crippen LogP contribution in [0.1, 0.15) is 32.4 Å². The lowest BCUT2D eigenvalue weighted by atomic mass is 9.94. The van der Waals surface area contributed by atoms with E-state index in [1.807, 2.05) is 30.3 Å². The lowest BCUT2D eigenvalue weighted by Gasteiger charge is -2.30. The summed E-state index contributed by atoms with van der Waals surface area (Å²) in [6.07, 6.45) is 0. The van der Waals surface area contributed by atoms with E-state index in [0.29, 0.717) is 0 Å². The third-order valence-corrected chi connectivity index (χ3v) is 3.32. The molecule has 2 atom stereocenters. The maximum atomic E-state index is 12.4. The summed E-state index contributed by atoms with van der Waals surface area (Å²) in [4.78, 5) is 24.6. The zero-order valence-corrected chi connectivity index (χ0v) is 12.1. The standard InChI is InChI=1S/C15H22N2O3/c1-10(2)17(9-13(18)19)15(20)11(3)14(16)12-7-5-4-6-8-12/h4-8,10-11,14H,9,16H2,1-3H3,(H,18,19). The number of carboxylic acids is 1. The fourth-order valence-electron chi connectivity index (χ4n) is 2.04. The van der Waals surface area contributed by atoms with Crippen LogP contribution in [0, 0.1) is 5.92 Å². The first-order valence-electron chi connectivity index (χ1n) is 6.67. The molecule has 0 aliphatic carbocycles. The van der Waals surface area contributed by atoms with Crippen LogP contribution >= 0.6 is 0 Å². The summed E-state index contributed by atoms with van der Waals surface area (Å²) >= 11 is 0. The quantitative estimate of drug-likeness (QED) is 0.828. The summed E-state index contributed by atoms with van der Waals surface area (Å²) in [5, 5.41) is 8.89. The van der Waals surface area contributed by atoms with Gasteiger partial charge < -0.3 is 15.7 Å². The molecule has 1 amide bonds. The van der Waals surface area contributed by atoms with Crippen molar-refractivity contribution in [3.8, 4) is 0 Å². The highest BCUT2D eigenvalue weighted by Gasteiger charge is 2.29. The van der Waals surface area contributed by atoms with Gasteiger partial charge in [0, 0.05) is 12.1 Å². The number of hydrogen-bond acceptors (Lipinski definition) is 3. The van der Waals surface area contributed by atoms with Gasteiger partial charge in [-0.05, 0) is 19.4 Å². The SMILES string of the molecule is CC(C(=O)N(CC(=O)O)C(C)C)C(N)c1ccccc1. The molecule has 0 heterocycles. The fraction of sp³-hybridized carbons (Fsp3) is 0.467. The molecule has 0 bridgehead atoms. The maximum Gasteiger partial charge on any atom is 0.323 e. The van der Waals surface area contributed by atoms with Gasteiger partial charge in [0.1, 0.15) is 6.54 Å². The molecular weight excluding hydrogens is 256 g/mol. The average molecular weight is 278 g/mol. The highest BCUT2D eigenvalue weighted by atomic mass is 16.4. The molecule has 5 heteroatoms. The predicted octanol–water partition coefficient (Wildman–Crippen LogP) is 1.64. The van der Waals surface area contributed by atoms with Gasteiger partial charge in [0.05, 0.1) is 5.92 Å². The Morgan fingerprint density at radius 2 is 1.75 bits per heavy atom. The largest absolute Gasteiger partial charge is 0.480 e. The van der Waals surface area contributed by atoms with Gasteiger partial charge in [-0.2, -0.15) is 0 Å². The molecule has 0 fully saturated rings. The molecule has 0 radical (unpaired) electrons. The van der Waals surface area contributed by atoms with Crippen LogP contribution in [0.3, 0.4) is 0 Å². The number of aliphatic carboxylic acids is 1. The summed E-state index contributed by atoms with van der Waals surface area (Å²) in [5.74, 6) is -1.73. The summed E-state index contributed by atoms with van der Waals surface area (Å²) in [6.45, 7) is 5.02. The van der Waals surface area contributed by atoms with Crippen molar-refractivity contribution < 1.29 is 14.7 Å². The normalized spacial score (nSPS) is 13.8. The van der Waals surface area contributed by atoms with Crippen molar-refractivity contribution in [2.45, 2.75) is 32.9 Å². The van der Waals surface area contributed by atoms with Crippen molar-refractivity contribution in [3.63, 3.8) is 0 Å². The van der Waals surface area contributed by atoms with E-state index in [-0.39, 0.29) is 18.5 Å². The Hall–Kier alpha value is -1.88. The monoisotopic (exact) mass is 278 g/mol. The summed E-state index contributed by atoms with van der Waals surface area (Å²) < 4.78 is 0. The van der Waals surface area contributed by atoms with E-state index in [0.717, 1.165) is 5.56 Å². The number of carbonyl (C=O) groups is 2. The van der Waals surface area contributed by atoms with Crippen LogP contribution in [-0.4, -0.2) is 34.5 Å². The molecular formula is C15H22N2O3. The minimum atomic E-state index is -1.02. The molecule has 5 nitrogen and oxygen atoms in total. The molecule has 0 aliphatic rings. The van der Waals surface area contributed by atoms with Crippen molar-refractivity contribution in [3.05, 3.63) is 35.9 Å². The molecule has 0 saturated heterocycles. The highest BCUT2D eigenvalue weighted by molar-refractivity contribution is 5.83. The Bertz CT molecular complexity index is 459. The van der Waals surface area contributed by atoms with Gasteiger partial charge in [0.2, 0.25) is 5.91 Å². The van der Waals surface area contributed by atoms with Crippen molar-refractivity contribution in [2.24, 2.45) is 11.7 Å². The van der Waals surface area contributed by atoms with E-state index in [9.17, 15) is 9.59 Å². The smallest absolute Gasteiger partial charge is 0.323 e. The fourth-order valence-corrected chi connectivity index (χ4v) is 2.04. The van der Waals surface area contributed by atoms with Crippen LogP contribution in [0.15, 0.2) is 30.3 Å². The molecule has 0 aromatic heterocycles. The van der Waals surface area contributed by atoms with E-state index >= 15 is 0 Å². The van der Waals surface area contributed by atoms with Crippen molar-refractivity contribution in [2.75, 3.05) is 6.54 Å². The van der Waals surface area contributed by atoms with E-state index in [1.165, 1.54) is 4.90 Å². The second-order valence-corrected chi connectivity index (χ2v) is 5.18. The van der Waals surface area contributed by atoms with E-state index in [2.05, 4.69) is 0 Å². The van der Waals surface area contributed by atoms with Gasteiger partial charge >= 0.3 is 5.97 Å². The minimum Gasteiger partial charge on any atom is -0.480 e. The second-order valence-electron chi connectivity index (χ2n) is 5.18. The molecule has 110 valence electrons. The Balaban J connectivity index is 2.86. The first-order chi connectivity index (χ1) is 9.34. The number of hydrogen-bond donors (Lipinski definition) is 2. The van der Waals surface area contributed by atoms with Crippen LogP contribution in [0.4, 0.5) is 0 Å². The molecule has 1 aromatic rings. The Morgan fingerprint density at radius 1 is 1.20 bits per heavy atom. The summed E-state index contributed by atoms with van der Waals surface area (Å²) in [6, 6.07) is 8.72. The molecule has 1 aromatic carbocycles. The maximum absolute atomic E-state index is 12.4. The zero-order chi connectivity index (χ0) is 15.3. The molecule has 0 aliphatic heterocycles. The average Bonchev–Trinajstić information content (AvgIpc) is 2.43. The number of nitrogens with two attached hydrogens (primary N) is 1. The number of amides is 1. The van der Waals surface area contributed by atoms with E-state index in [4.69, 9.17) is 10.8 Å². The summed E-state index contributed by atoms with van der Waals surface area (Å²) in [5.41, 5.74) is 6.98. The lowest BCUT2D eigenvalue weighted by Crippen LogP contribution is -2.45. The number of nitrogens with zero attached hydrogens (tertiary/aromatic N) is 1. The van der Waals surface area contributed by atoms with Crippen molar-refractivity contribution >= 4 is 11.9 Å². The van der Waals surface area contributed by atoms with Crippen LogP contribution in [0.2, 0.25) is 0 Å². The van der Waals surface area contributed by atoms with Gasteiger partial charge in [-0.25, -0.2) is 0 Å². The first kappa shape index (κ1) is 16.2. The third kappa shape index (κ3) is 4.06. The molecule has 1 rings (SSSR count). The number of rotatable bonds is 6. The minimum absolute atomic E-state index is 0.177. The molecule has 20 heavy (non-hydrogen) atoms. The van der Waals surface area contributed by atoms with E-state index in [1.54, 1.807) is 20.8 Å². The van der Waals surface area contributed by atoms with Gasteiger partial charge in [0.25, 0.3) is 0 Å². The summed E-state index contributed by atoms with van der Waals surface area (Å²) in [7, 11) is 0. The van der Waals surface area contributed by atoms with Crippen LogP contribution in [0.25, 0.3) is 0 Å². The molecule has 0 spiro atoms. The Kier molecular flexibility index (Phi) is 5.70. The number of carbonyl (C=O) groups excluding carboxylic acids is 1.